The van der Waals surface area contributed by atoms with E-state index in [2.05, 4.69) is 0 Å². The molecule has 0 aliphatic rings. The van der Waals surface area contributed by atoms with Crippen molar-refractivity contribution in [1.82, 2.24) is 0 Å². The second kappa shape index (κ2) is 6.69. The molecule has 20 heavy (non-hydrogen) atoms. The Morgan fingerprint density at radius 2 is 1.85 bits per heavy atom. The molecule has 0 fully saturated rings. The van der Waals surface area contributed by atoms with Gasteiger partial charge in [-0.1, -0.05) is 18.2 Å². The van der Waals surface area contributed by atoms with Crippen molar-refractivity contribution in [2.45, 2.75) is 13.2 Å². The van der Waals surface area contributed by atoms with Crippen molar-refractivity contribution in [2.24, 2.45) is 0 Å². The molecule has 0 atom stereocenters. The highest BCUT2D eigenvalue weighted by Gasteiger charge is 2.03. The molecular weight excluding hydrogens is 257 g/mol. The van der Waals surface area contributed by atoms with Crippen molar-refractivity contribution < 1.29 is 13.9 Å². The third-order valence-corrected chi connectivity index (χ3v) is 2.82. The highest BCUT2D eigenvalue weighted by molar-refractivity contribution is 5.34. The first-order chi connectivity index (χ1) is 9.72. The molecule has 3 nitrogen and oxygen atoms in total. The Labute approximate surface area is 117 Å². The number of hydrogen-bond donors (Lipinski definition) is 0. The zero-order valence-corrected chi connectivity index (χ0v) is 11.1. The number of ether oxygens (including phenoxy) is 2. The topological polar surface area (TPSA) is 42.2 Å². The Hall–Kier alpha value is -2.38. The van der Waals surface area contributed by atoms with Gasteiger partial charge < -0.3 is 9.47 Å². The minimum atomic E-state index is -0.510. The van der Waals surface area contributed by atoms with Crippen LogP contribution in [0.25, 0.3) is 0 Å². The van der Waals surface area contributed by atoms with E-state index in [1.807, 2.05) is 30.3 Å². The zero-order chi connectivity index (χ0) is 14.4. The van der Waals surface area contributed by atoms with Crippen LogP contribution < -0.4 is 4.74 Å². The molecule has 0 saturated carbocycles. The minimum absolute atomic E-state index is 0.0347. The van der Waals surface area contributed by atoms with E-state index >= 15 is 0 Å². The number of halogens is 1. The van der Waals surface area contributed by atoms with Gasteiger partial charge in [0.2, 0.25) is 0 Å². The number of nitriles is 1. The summed E-state index contributed by atoms with van der Waals surface area (Å²) in [6, 6.07) is 13.8. The Morgan fingerprint density at radius 1 is 1.10 bits per heavy atom. The van der Waals surface area contributed by atoms with Crippen LogP contribution in [-0.4, -0.2) is 7.11 Å². The van der Waals surface area contributed by atoms with E-state index in [9.17, 15) is 4.39 Å². The maximum Gasteiger partial charge on any atom is 0.140 e. The lowest BCUT2D eigenvalue weighted by Gasteiger charge is -2.07. The third-order valence-electron chi connectivity index (χ3n) is 2.82. The molecule has 0 amide bonds. The first-order valence-corrected chi connectivity index (χ1v) is 6.12. The maximum atomic E-state index is 13.2. The van der Waals surface area contributed by atoms with Crippen LogP contribution in [0.2, 0.25) is 0 Å². The fourth-order valence-electron chi connectivity index (χ4n) is 1.80. The van der Waals surface area contributed by atoms with Gasteiger partial charge in [0.25, 0.3) is 0 Å². The van der Waals surface area contributed by atoms with E-state index in [1.54, 1.807) is 13.2 Å². The molecule has 2 rings (SSSR count). The van der Waals surface area contributed by atoms with E-state index in [4.69, 9.17) is 14.7 Å². The zero-order valence-electron chi connectivity index (χ0n) is 11.1. The number of nitrogens with zero attached hydrogens (tertiary/aromatic N) is 1. The highest BCUT2D eigenvalue weighted by Crippen LogP contribution is 2.15. The SMILES string of the molecule is COc1cccc(COCc2ccc(F)c(C#N)c2)c1. The molecule has 2 aromatic carbocycles. The van der Waals surface area contributed by atoms with E-state index < -0.39 is 5.82 Å². The van der Waals surface area contributed by atoms with Gasteiger partial charge in [-0.05, 0) is 35.4 Å². The molecule has 0 spiro atoms. The lowest BCUT2D eigenvalue weighted by Crippen LogP contribution is -1.96. The van der Waals surface area contributed by atoms with Crippen LogP contribution in [0.1, 0.15) is 16.7 Å². The fourth-order valence-corrected chi connectivity index (χ4v) is 1.80. The van der Waals surface area contributed by atoms with E-state index in [0.717, 1.165) is 16.9 Å². The summed E-state index contributed by atoms with van der Waals surface area (Å²) >= 11 is 0. The molecule has 0 aliphatic heterocycles. The largest absolute Gasteiger partial charge is 0.497 e. The maximum absolute atomic E-state index is 13.2. The highest BCUT2D eigenvalue weighted by atomic mass is 19.1. The molecule has 4 heteroatoms. The van der Waals surface area contributed by atoms with Gasteiger partial charge in [0.1, 0.15) is 17.6 Å². The van der Waals surface area contributed by atoms with Crippen molar-refractivity contribution in [3.8, 4) is 11.8 Å². The van der Waals surface area contributed by atoms with Crippen molar-refractivity contribution >= 4 is 0 Å². The predicted octanol–water partition coefficient (Wildman–Crippen LogP) is 3.42. The summed E-state index contributed by atoms with van der Waals surface area (Å²) in [6.07, 6.45) is 0. The molecule has 2 aromatic rings. The fraction of sp³-hybridized carbons (Fsp3) is 0.188. The third kappa shape index (κ3) is 3.56. The van der Waals surface area contributed by atoms with Gasteiger partial charge >= 0.3 is 0 Å². The average molecular weight is 271 g/mol. The summed E-state index contributed by atoms with van der Waals surface area (Å²) < 4.78 is 23.9. The predicted molar refractivity (Wildman–Crippen MR) is 72.6 cm³/mol. The summed E-state index contributed by atoms with van der Waals surface area (Å²) in [5.74, 6) is 0.267. The number of benzene rings is 2. The second-order valence-electron chi connectivity index (χ2n) is 4.27. The number of hydrogen-bond acceptors (Lipinski definition) is 3. The van der Waals surface area contributed by atoms with Crippen LogP contribution in [-0.2, 0) is 18.0 Å². The molecule has 102 valence electrons. The first-order valence-electron chi connectivity index (χ1n) is 6.12. The first kappa shape index (κ1) is 14.0. The van der Waals surface area contributed by atoms with Crippen LogP contribution in [0.3, 0.4) is 0 Å². The summed E-state index contributed by atoms with van der Waals surface area (Å²) in [6.45, 7) is 0.753. The Bertz CT molecular complexity index is 635. The van der Waals surface area contributed by atoms with Gasteiger partial charge in [-0.2, -0.15) is 5.26 Å². The summed E-state index contributed by atoms with van der Waals surface area (Å²) in [5, 5.41) is 8.76. The van der Waals surface area contributed by atoms with Crippen molar-refractivity contribution in [1.29, 1.82) is 5.26 Å². The molecule has 0 aromatic heterocycles. The summed E-state index contributed by atoms with van der Waals surface area (Å²) in [4.78, 5) is 0. The van der Waals surface area contributed by atoms with Gasteiger partial charge in [0.15, 0.2) is 0 Å². The lowest BCUT2D eigenvalue weighted by molar-refractivity contribution is 0.107. The Balaban J connectivity index is 1.94. The monoisotopic (exact) mass is 271 g/mol. The van der Waals surface area contributed by atoms with Crippen molar-refractivity contribution in [3.63, 3.8) is 0 Å². The summed E-state index contributed by atoms with van der Waals surface area (Å²) in [7, 11) is 1.61. The normalized spacial score (nSPS) is 10.1. The number of methoxy groups -OCH3 is 1. The smallest absolute Gasteiger partial charge is 0.140 e. The van der Waals surface area contributed by atoms with Crippen molar-refractivity contribution in [2.75, 3.05) is 7.11 Å². The second-order valence-corrected chi connectivity index (χ2v) is 4.27. The number of rotatable bonds is 5. The van der Waals surface area contributed by atoms with E-state index in [1.165, 1.54) is 12.1 Å². The standard InChI is InChI=1S/C16H14FNO2/c1-19-15-4-2-3-12(8-15)10-20-11-13-5-6-16(17)14(7-13)9-18/h2-8H,10-11H2,1H3. The van der Waals surface area contributed by atoms with Crippen LogP contribution >= 0.6 is 0 Å². The van der Waals surface area contributed by atoms with Crippen LogP contribution in [0.15, 0.2) is 42.5 Å². The van der Waals surface area contributed by atoms with Crippen LogP contribution in [0.5, 0.6) is 5.75 Å². The molecule has 0 bridgehead atoms. The minimum Gasteiger partial charge on any atom is -0.497 e. The molecule has 0 N–H and O–H groups in total. The van der Waals surface area contributed by atoms with E-state index in [0.29, 0.717) is 13.2 Å². The van der Waals surface area contributed by atoms with Crippen LogP contribution in [0, 0.1) is 17.1 Å². The molecule has 0 radical (unpaired) electrons. The quantitative estimate of drug-likeness (QED) is 0.836. The average Bonchev–Trinajstić information content (AvgIpc) is 2.49. The lowest BCUT2D eigenvalue weighted by atomic mass is 10.1. The van der Waals surface area contributed by atoms with Crippen LogP contribution in [0.4, 0.5) is 4.39 Å². The molecule has 0 aliphatic carbocycles. The van der Waals surface area contributed by atoms with Gasteiger partial charge in [-0.25, -0.2) is 4.39 Å². The molecule has 0 saturated heterocycles. The molecule has 0 unspecified atom stereocenters. The van der Waals surface area contributed by atoms with Gasteiger partial charge in [0, 0.05) is 0 Å². The van der Waals surface area contributed by atoms with Gasteiger partial charge in [0.05, 0.1) is 25.9 Å². The van der Waals surface area contributed by atoms with Gasteiger partial charge in [-0.3, -0.25) is 0 Å². The molecule has 0 heterocycles. The Morgan fingerprint density at radius 3 is 2.55 bits per heavy atom. The summed E-state index contributed by atoms with van der Waals surface area (Å²) in [5.41, 5.74) is 1.80. The van der Waals surface area contributed by atoms with E-state index in [-0.39, 0.29) is 5.56 Å². The Kier molecular flexibility index (Phi) is 4.70. The molecular formula is C16H14FNO2. The van der Waals surface area contributed by atoms with Crippen molar-refractivity contribution in [3.05, 3.63) is 65.0 Å². The van der Waals surface area contributed by atoms with Gasteiger partial charge in [-0.15, -0.1) is 0 Å².